The SMILES string of the molecule is O=C(NCc1nc(-c2ccccc2)no1)c1nnn(-c2ccccc2)n1. The third kappa shape index (κ3) is 3.31. The van der Waals surface area contributed by atoms with Crippen LogP contribution in [0.15, 0.2) is 65.2 Å². The Hall–Kier alpha value is -3.88. The first-order chi connectivity index (χ1) is 12.8. The number of hydrogen-bond acceptors (Lipinski definition) is 7. The quantitative estimate of drug-likeness (QED) is 0.584. The van der Waals surface area contributed by atoms with E-state index in [2.05, 4.69) is 30.9 Å². The van der Waals surface area contributed by atoms with Crippen molar-refractivity contribution in [2.75, 3.05) is 0 Å². The van der Waals surface area contributed by atoms with E-state index in [-0.39, 0.29) is 18.3 Å². The van der Waals surface area contributed by atoms with Crippen LogP contribution in [0.1, 0.15) is 16.5 Å². The Balaban J connectivity index is 1.40. The number of carbonyl (C=O) groups excluding carboxylic acids is 1. The van der Waals surface area contributed by atoms with Crippen molar-refractivity contribution in [2.45, 2.75) is 6.54 Å². The van der Waals surface area contributed by atoms with Crippen LogP contribution in [0.25, 0.3) is 17.1 Å². The topological polar surface area (TPSA) is 112 Å². The van der Waals surface area contributed by atoms with Crippen molar-refractivity contribution in [1.82, 2.24) is 35.7 Å². The molecule has 0 atom stereocenters. The van der Waals surface area contributed by atoms with E-state index in [9.17, 15) is 4.79 Å². The maximum atomic E-state index is 12.2. The van der Waals surface area contributed by atoms with Crippen LogP contribution in [0, 0.1) is 0 Å². The van der Waals surface area contributed by atoms with Crippen LogP contribution in [0.4, 0.5) is 0 Å². The Kier molecular flexibility index (Phi) is 4.17. The highest BCUT2D eigenvalue weighted by molar-refractivity contribution is 5.89. The molecule has 26 heavy (non-hydrogen) atoms. The molecule has 1 N–H and O–H groups in total. The largest absolute Gasteiger partial charge is 0.340 e. The first kappa shape index (κ1) is 15.6. The molecule has 0 unspecified atom stereocenters. The lowest BCUT2D eigenvalue weighted by molar-refractivity contribution is 0.0935. The van der Waals surface area contributed by atoms with Gasteiger partial charge in [0.25, 0.3) is 11.7 Å². The summed E-state index contributed by atoms with van der Waals surface area (Å²) in [4.78, 5) is 17.7. The average molecular weight is 347 g/mol. The minimum atomic E-state index is -0.480. The van der Waals surface area contributed by atoms with Gasteiger partial charge in [0.1, 0.15) is 0 Å². The van der Waals surface area contributed by atoms with Crippen LogP contribution < -0.4 is 5.32 Å². The van der Waals surface area contributed by atoms with Crippen LogP contribution in [0.2, 0.25) is 0 Å². The predicted molar refractivity (Wildman–Crippen MR) is 90.1 cm³/mol. The second-order valence-electron chi connectivity index (χ2n) is 5.30. The summed E-state index contributed by atoms with van der Waals surface area (Å²) in [6.07, 6.45) is 0. The van der Waals surface area contributed by atoms with Crippen LogP contribution in [-0.4, -0.2) is 36.3 Å². The molecule has 128 valence electrons. The molecule has 0 aliphatic heterocycles. The first-order valence-electron chi connectivity index (χ1n) is 7.81. The van der Waals surface area contributed by atoms with E-state index in [1.165, 1.54) is 4.80 Å². The van der Waals surface area contributed by atoms with Crippen LogP contribution in [-0.2, 0) is 6.54 Å². The van der Waals surface area contributed by atoms with E-state index < -0.39 is 5.91 Å². The van der Waals surface area contributed by atoms with Crippen LogP contribution in [0.3, 0.4) is 0 Å². The van der Waals surface area contributed by atoms with Crippen molar-refractivity contribution in [1.29, 1.82) is 0 Å². The molecule has 0 radical (unpaired) electrons. The monoisotopic (exact) mass is 347 g/mol. The standard InChI is InChI=1S/C17H13N7O2/c25-17(16-20-23-24(21-16)13-9-5-2-6-10-13)18-11-14-19-15(22-26-14)12-7-3-1-4-8-12/h1-10H,11H2,(H,18,25). The Bertz CT molecular complexity index is 1010. The molecule has 0 aliphatic carbocycles. The molecule has 4 aromatic rings. The zero-order chi connectivity index (χ0) is 17.8. The fraction of sp³-hybridized carbons (Fsp3) is 0.0588. The van der Waals surface area contributed by atoms with Gasteiger partial charge >= 0.3 is 0 Å². The average Bonchev–Trinajstić information content (AvgIpc) is 3.37. The summed E-state index contributed by atoms with van der Waals surface area (Å²) in [5.74, 6) is 0.221. The number of nitrogens with zero attached hydrogens (tertiary/aromatic N) is 6. The molecule has 0 fully saturated rings. The molecule has 9 nitrogen and oxygen atoms in total. The molecule has 0 saturated heterocycles. The molecule has 4 rings (SSSR count). The molecule has 0 saturated carbocycles. The number of tetrazole rings is 1. The van der Waals surface area contributed by atoms with E-state index in [4.69, 9.17) is 4.52 Å². The summed E-state index contributed by atoms with van der Waals surface area (Å²) >= 11 is 0. The van der Waals surface area contributed by atoms with E-state index in [1.807, 2.05) is 60.7 Å². The van der Waals surface area contributed by atoms with Gasteiger partial charge in [-0.05, 0) is 17.3 Å². The highest BCUT2D eigenvalue weighted by Gasteiger charge is 2.15. The first-order valence-corrected chi connectivity index (χ1v) is 7.81. The Morgan fingerprint density at radius 3 is 2.54 bits per heavy atom. The summed E-state index contributed by atoms with van der Waals surface area (Å²) in [5, 5.41) is 18.2. The fourth-order valence-electron chi connectivity index (χ4n) is 2.24. The number of para-hydroxylation sites is 1. The van der Waals surface area contributed by atoms with Gasteiger partial charge in [-0.25, -0.2) is 0 Å². The van der Waals surface area contributed by atoms with Gasteiger partial charge in [-0.15, -0.1) is 15.0 Å². The van der Waals surface area contributed by atoms with Crippen molar-refractivity contribution in [3.8, 4) is 17.1 Å². The Labute approximate surface area is 147 Å². The minimum Gasteiger partial charge on any atom is -0.340 e. The summed E-state index contributed by atoms with van der Waals surface area (Å²) in [5.41, 5.74) is 1.55. The molecule has 0 aliphatic rings. The number of nitrogens with one attached hydrogen (secondary N) is 1. The second-order valence-corrected chi connectivity index (χ2v) is 5.30. The summed E-state index contributed by atoms with van der Waals surface area (Å²) in [6.45, 7) is 0.0680. The van der Waals surface area contributed by atoms with Crippen molar-refractivity contribution in [3.63, 3.8) is 0 Å². The lowest BCUT2D eigenvalue weighted by Crippen LogP contribution is -2.24. The van der Waals surface area contributed by atoms with E-state index in [1.54, 1.807) is 0 Å². The number of amides is 1. The van der Waals surface area contributed by atoms with Gasteiger partial charge < -0.3 is 9.84 Å². The number of rotatable bonds is 5. The van der Waals surface area contributed by atoms with Gasteiger partial charge in [0.2, 0.25) is 11.7 Å². The normalized spacial score (nSPS) is 10.6. The lowest BCUT2D eigenvalue weighted by atomic mass is 10.2. The summed E-state index contributed by atoms with van der Waals surface area (Å²) in [6, 6.07) is 18.6. The smallest absolute Gasteiger partial charge is 0.293 e. The molecular formula is C17H13N7O2. The predicted octanol–water partition coefficient (Wildman–Crippen LogP) is 1.64. The molecular weight excluding hydrogens is 334 g/mol. The maximum Gasteiger partial charge on any atom is 0.293 e. The molecule has 1 amide bonds. The molecule has 0 bridgehead atoms. The Morgan fingerprint density at radius 1 is 1.04 bits per heavy atom. The maximum absolute atomic E-state index is 12.2. The van der Waals surface area contributed by atoms with E-state index in [0.29, 0.717) is 11.5 Å². The van der Waals surface area contributed by atoms with Crippen molar-refractivity contribution >= 4 is 5.91 Å². The van der Waals surface area contributed by atoms with Gasteiger partial charge in [-0.2, -0.15) is 4.98 Å². The highest BCUT2D eigenvalue weighted by atomic mass is 16.5. The van der Waals surface area contributed by atoms with Crippen molar-refractivity contribution in [2.24, 2.45) is 0 Å². The van der Waals surface area contributed by atoms with Crippen molar-refractivity contribution < 1.29 is 9.32 Å². The van der Waals surface area contributed by atoms with Crippen molar-refractivity contribution in [3.05, 3.63) is 72.4 Å². The van der Waals surface area contributed by atoms with Crippen LogP contribution in [0.5, 0.6) is 0 Å². The Morgan fingerprint density at radius 2 is 1.77 bits per heavy atom. The summed E-state index contributed by atoms with van der Waals surface area (Å²) in [7, 11) is 0. The number of aromatic nitrogens is 6. The zero-order valence-corrected chi connectivity index (χ0v) is 13.5. The van der Waals surface area contributed by atoms with E-state index in [0.717, 1.165) is 5.56 Å². The second kappa shape index (κ2) is 6.93. The molecule has 2 aromatic carbocycles. The van der Waals surface area contributed by atoms with Gasteiger partial charge in [-0.3, -0.25) is 4.79 Å². The molecule has 9 heteroatoms. The van der Waals surface area contributed by atoms with Gasteiger partial charge in [-0.1, -0.05) is 53.7 Å². The van der Waals surface area contributed by atoms with Crippen LogP contribution >= 0.6 is 0 Å². The molecule has 2 heterocycles. The molecule has 2 aromatic heterocycles. The molecule has 0 spiro atoms. The minimum absolute atomic E-state index is 0.0448. The lowest BCUT2D eigenvalue weighted by Gasteiger charge is -1.97. The third-order valence-electron chi connectivity index (χ3n) is 3.50. The van der Waals surface area contributed by atoms with Gasteiger partial charge in [0, 0.05) is 5.56 Å². The van der Waals surface area contributed by atoms with Gasteiger partial charge in [0.05, 0.1) is 12.2 Å². The number of carbonyl (C=O) groups is 1. The summed E-state index contributed by atoms with van der Waals surface area (Å²) < 4.78 is 5.14. The fourth-order valence-corrected chi connectivity index (χ4v) is 2.24. The van der Waals surface area contributed by atoms with Gasteiger partial charge in [0.15, 0.2) is 0 Å². The number of benzene rings is 2. The zero-order valence-electron chi connectivity index (χ0n) is 13.5. The third-order valence-corrected chi connectivity index (χ3v) is 3.50. The number of hydrogen-bond donors (Lipinski definition) is 1. The highest BCUT2D eigenvalue weighted by Crippen LogP contribution is 2.14. The van der Waals surface area contributed by atoms with E-state index >= 15 is 0 Å².